The Morgan fingerprint density at radius 1 is 1.10 bits per heavy atom. The Bertz CT molecular complexity index is 1110. The lowest BCUT2D eigenvalue weighted by molar-refractivity contribution is -0.112. The van der Waals surface area contributed by atoms with Gasteiger partial charge in [-0.15, -0.1) is 0 Å². The zero-order chi connectivity index (χ0) is 21.5. The van der Waals surface area contributed by atoms with E-state index >= 15 is 0 Å². The molecule has 0 unspecified atom stereocenters. The second-order valence-corrected chi connectivity index (χ2v) is 7.09. The lowest BCUT2D eigenvalue weighted by Crippen LogP contribution is -2.13. The molecule has 3 rings (SSSR count). The molecule has 5 heteroatoms. The normalized spacial score (nSPS) is 10.9. The number of rotatable bonds is 6. The quantitative estimate of drug-likeness (QED) is 0.462. The molecule has 0 aliphatic rings. The number of anilines is 1. The Morgan fingerprint density at radius 3 is 2.50 bits per heavy atom. The van der Waals surface area contributed by atoms with Crippen LogP contribution in [0.1, 0.15) is 27.9 Å². The molecule has 0 spiro atoms. The van der Waals surface area contributed by atoms with E-state index in [2.05, 4.69) is 10.3 Å². The number of carbonyl (C=O) groups is 1. The fourth-order valence-electron chi connectivity index (χ4n) is 3.16. The summed E-state index contributed by atoms with van der Waals surface area (Å²) in [5.74, 6) is 0.342. The van der Waals surface area contributed by atoms with E-state index in [1.54, 1.807) is 18.3 Å². The van der Waals surface area contributed by atoms with Crippen LogP contribution in [0.15, 0.2) is 66.4 Å². The van der Waals surface area contributed by atoms with Crippen LogP contribution in [0.2, 0.25) is 0 Å². The minimum absolute atomic E-state index is 0.0393. The number of hydrogen-bond acceptors (Lipinski definition) is 4. The standard InChI is InChI=1S/C25H23N3O2/c1-17-7-6-9-22(11-17)28-25(29)21(15-26)14-20-12-18(2)24(19(3)13-20)30-16-23-8-4-5-10-27-23/h4-14H,16H2,1-3H3,(H,28,29). The molecule has 150 valence electrons. The number of amides is 1. The van der Waals surface area contributed by atoms with E-state index in [4.69, 9.17) is 4.74 Å². The van der Waals surface area contributed by atoms with Crippen molar-refractivity contribution >= 4 is 17.7 Å². The highest BCUT2D eigenvalue weighted by atomic mass is 16.5. The number of nitriles is 1. The van der Waals surface area contributed by atoms with Crippen LogP contribution in [0.4, 0.5) is 5.69 Å². The Balaban J connectivity index is 1.77. The maximum Gasteiger partial charge on any atom is 0.266 e. The van der Waals surface area contributed by atoms with Crippen LogP contribution < -0.4 is 10.1 Å². The summed E-state index contributed by atoms with van der Waals surface area (Å²) in [5.41, 5.74) is 5.19. The van der Waals surface area contributed by atoms with Crippen LogP contribution in [0.3, 0.4) is 0 Å². The summed E-state index contributed by atoms with van der Waals surface area (Å²) < 4.78 is 5.95. The minimum atomic E-state index is -0.436. The van der Waals surface area contributed by atoms with Crippen molar-refractivity contribution in [3.63, 3.8) is 0 Å². The number of aromatic nitrogens is 1. The van der Waals surface area contributed by atoms with Gasteiger partial charge >= 0.3 is 0 Å². The second-order valence-electron chi connectivity index (χ2n) is 7.09. The first-order valence-corrected chi connectivity index (χ1v) is 9.60. The van der Waals surface area contributed by atoms with Gasteiger partial charge in [-0.1, -0.05) is 18.2 Å². The van der Waals surface area contributed by atoms with Crippen molar-refractivity contribution in [3.05, 3.63) is 94.3 Å². The van der Waals surface area contributed by atoms with E-state index < -0.39 is 5.91 Å². The fraction of sp³-hybridized carbons (Fsp3) is 0.160. The summed E-state index contributed by atoms with van der Waals surface area (Å²) in [6.07, 6.45) is 3.32. The van der Waals surface area contributed by atoms with Gasteiger partial charge in [0.2, 0.25) is 0 Å². The van der Waals surface area contributed by atoms with Gasteiger partial charge in [0.1, 0.15) is 24.0 Å². The maximum absolute atomic E-state index is 12.5. The predicted molar refractivity (Wildman–Crippen MR) is 118 cm³/mol. The molecular formula is C25H23N3O2. The van der Waals surface area contributed by atoms with Gasteiger partial charge in [-0.05, 0) is 85.5 Å². The van der Waals surface area contributed by atoms with Crippen molar-refractivity contribution in [2.24, 2.45) is 0 Å². The Kier molecular flexibility index (Phi) is 6.61. The third-order valence-corrected chi connectivity index (χ3v) is 4.53. The number of nitrogens with zero attached hydrogens (tertiary/aromatic N) is 2. The molecule has 0 aliphatic carbocycles. The largest absolute Gasteiger partial charge is 0.487 e. The smallest absolute Gasteiger partial charge is 0.266 e. The highest BCUT2D eigenvalue weighted by Crippen LogP contribution is 2.27. The molecular weight excluding hydrogens is 374 g/mol. The Labute approximate surface area is 176 Å². The van der Waals surface area contributed by atoms with E-state index in [0.29, 0.717) is 12.3 Å². The first-order valence-electron chi connectivity index (χ1n) is 9.60. The molecule has 2 aromatic carbocycles. The first kappa shape index (κ1) is 20.8. The summed E-state index contributed by atoms with van der Waals surface area (Å²) in [5, 5.41) is 12.3. The van der Waals surface area contributed by atoms with Crippen LogP contribution in [-0.2, 0) is 11.4 Å². The van der Waals surface area contributed by atoms with E-state index in [-0.39, 0.29) is 5.57 Å². The first-order chi connectivity index (χ1) is 14.5. The molecule has 30 heavy (non-hydrogen) atoms. The fourth-order valence-corrected chi connectivity index (χ4v) is 3.16. The van der Waals surface area contributed by atoms with Gasteiger partial charge in [-0.25, -0.2) is 0 Å². The van der Waals surface area contributed by atoms with Crippen molar-refractivity contribution < 1.29 is 9.53 Å². The highest BCUT2D eigenvalue weighted by Gasteiger charge is 2.12. The van der Waals surface area contributed by atoms with Crippen LogP contribution in [0.25, 0.3) is 6.08 Å². The van der Waals surface area contributed by atoms with E-state index in [1.165, 1.54) is 0 Å². The van der Waals surface area contributed by atoms with Gasteiger partial charge in [0, 0.05) is 11.9 Å². The lowest BCUT2D eigenvalue weighted by Gasteiger charge is -2.13. The second kappa shape index (κ2) is 9.53. The maximum atomic E-state index is 12.5. The molecule has 0 saturated carbocycles. The molecule has 1 heterocycles. The molecule has 1 N–H and O–H groups in total. The molecule has 0 radical (unpaired) electrons. The summed E-state index contributed by atoms with van der Waals surface area (Å²) in [4.78, 5) is 16.8. The average molecular weight is 397 g/mol. The van der Waals surface area contributed by atoms with Gasteiger partial charge < -0.3 is 10.1 Å². The van der Waals surface area contributed by atoms with E-state index in [9.17, 15) is 10.1 Å². The predicted octanol–water partition coefficient (Wildman–Crippen LogP) is 5.13. The SMILES string of the molecule is Cc1cccc(NC(=O)C(C#N)=Cc2cc(C)c(OCc3ccccn3)c(C)c2)c1. The summed E-state index contributed by atoms with van der Waals surface area (Å²) in [6.45, 7) is 6.20. The topological polar surface area (TPSA) is 75.0 Å². The number of carbonyl (C=O) groups excluding carboxylic acids is 1. The zero-order valence-corrected chi connectivity index (χ0v) is 17.3. The molecule has 1 aromatic heterocycles. The van der Waals surface area contributed by atoms with E-state index in [0.717, 1.165) is 33.7 Å². The third-order valence-electron chi connectivity index (χ3n) is 4.53. The number of hydrogen-bond donors (Lipinski definition) is 1. The van der Waals surface area contributed by atoms with Crippen LogP contribution in [0, 0.1) is 32.1 Å². The summed E-state index contributed by atoms with van der Waals surface area (Å²) in [6, 6.07) is 18.9. The lowest BCUT2D eigenvalue weighted by atomic mass is 10.0. The monoisotopic (exact) mass is 397 g/mol. The van der Waals surface area contributed by atoms with Crippen LogP contribution in [0.5, 0.6) is 5.75 Å². The zero-order valence-electron chi connectivity index (χ0n) is 17.3. The van der Waals surface area contributed by atoms with Gasteiger partial charge in [0.25, 0.3) is 5.91 Å². The van der Waals surface area contributed by atoms with Crippen molar-refractivity contribution in [1.29, 1.82) is 5.26 Å². The molecule has 0 saturated heterocycles. The third kappa shape index (κ3) is 5.33. The van der Waals surface area contributed by atoms with Gasteiger partial charge in [-0.3, -0.25) is 9.78 Å². The minimum Gasteiger partial charge on any atom is -0.487 e. The Morgan fingerprint density at radius 2 is 1.87 bits per heavy atom. The van der Waals surface area contributed by atoms with Crippen LogP contribution in [-0.4, -0.2) is 10.9 Å². The molecule has 3 aromatic rings. The van der Waals surface area contributed by atoms with Gasteiger partial charge in [0.05, 0.1) is 5.69 Å². The number of aryl methyl sites for hydroxylation is 3. The van der Waals surface area contributed by atoms with Crippen molar-refractivity contribution in [1.82, 2.24) is 4.98 Å². The van der Waals surface area contributed by atoms with Crippen LogP contribution >= 0.6 is 0 Å². The molecule has 0 fully saturated rings. The Hall–Kier alpha value is -3.91. The number of ether oxygens (including phenoxy) is 1. The highest BCUT2D eigenvalue weighted by molar-refractivity contribution is 6.09. The summed E-state index contributed by atoms with van der Waals surface area (Å²) in [7, 11) is 0. The van der Waals surface area contributed by atoms with Crippen molar-refractivity contribution in [3.8, 4) is 11.8 Å². The average Bonchev–Trinajstić information content (AvgIpc) is 2.72. The van der Waals surface area contributed by atoms with Gasteiger partial charge in [-0.2, -0.15) is 5.26 Å². The number of pyridine rings is 1. The van der Waals surface area contributed by atoms with Crippen molar-refractivity contribution in [2.75, 3.05) is 5.32 Å². The molecule has 0 aliphatic heterocycles. The van der Waals surface area contributed by atoms with E-state index in [1.807, 2.05) is 75.4 Å². The molecule has 0 bridgehead atoms. The van der Waals surface area contributed by atoms with Crippen molar-refractivity contribution in [2.45, 2.75) is 27.4 Å². The number of nitrogens with one attached hydrogen (secondary N) is 1. The summed E-state index contributed by atoms with van der Waals surface area (Å²) >= 11 is 0. The molecule has 5 nitrogen and oxygen atoms in total. The molecule has 1 amide bonds. The van der Waals surface area contributed by atoms with Gasteiger partial charge in [0.15, 0.2) is 0 Å². The number of benzene rings is 2. The molecule has 0 atom stereocenters.